The summed E-state index contributed by atoms with van der Waals surface area (Å²) in [6.07, 6.45) is 3.57. The molecule has 1 aliphatic rings. The molecule has 0 saturated heterocycles. The highest BCUT2D eigenvalue weighted by atomic mass is 19.1. The third-order valence-electron chi connectivity index (χ3n) is 2.90. The Kier molecular flexibility index (Phi) is 2.99. The first-order valence-electron chi connectivity index (χ1n) is 6.15. The summed E-state index contributed by atoms with van der Waals surface area (Å²) in [5.41, 5.74) is 0.750. The lowest BCUT2D eigenvalue weighted by Crippen LogP contribution is -2.04. The van der Waals surface area contributed by atoms with E-state index in [2.05, 4.69) is 4.98 Å². The van der Waals surface area contributed by atoms with Crippen LogP contribution in [0.3, 0.4) is 0 Å². The predicted octanol–water partition coefficient (Wildman–Crippen LogP) is 2.99. The van der Waals surface area contributed by atoms with Crippen molar-refractivity contribution in [1.82, 2.24) is 4.98 Å². The zero-order valence-corrected chi connectivity index (χ0v) is 10.2. The van der Waals surface area contributed by atoms with Crippen molar-refractivity contribution in [2.75, 3.05) is 0 Å². The van der Waals surface area contributed by atoms with E-state index in [9.17, 15) is 9.18 Å². The van der Waals surface area contributed by atoms with Crippen molar-refractivity contribution in [3.05, 3.63) is 59.7 Å². The summed E-state index contributed by atoms with van der Waals surface area (Å²) in [4.78, 5) is 15.9. The molecule has 0 bridgehead atoms. The van der Waals surface area contributed by atoms with Crippen LogP contribution in [0, 0.1) is 5.82 Å². The van der Waals surface area contributed by atoms with Gasteiger partial charge in [-0.25, -0.2) is 9.37 Å². The van der Waals surface area contributed by atoms with Gasteiger partial charge in [-0.05, 0) is 49.2 Å². The fourth-order valence-corrected chi connectivity index (χ4v) is 1.72. The number of halogens is 1. The normalized spacial score (nSPS) is 14.2. The van der Waals surface area contributed by atoms with Crippen LogP contribution in [0.2, 0.25) is 0 Å². The van der Waals surface area contributed by atoms with Crippen molar-refractivity contribution >= 4 is 5.78 Å². The molecule has 0 atom stereocenters. The zero-order chi connectivity index (χ0) is 13.2. The Hall–Kier alpha value is -2.23. The van der Waals surface area contributed by atoms with E-state index in [1.54, 1.807) is 24.3 Å². The van der Waals surface area contributed by atoms with E-state index >= 15 is 0 Å². The van der Waals surface area contributed by atoms with Crippen LogP contribution in [0.15, 0.2) is 42.6 Å². The molecule has 0 N–H and O–H groups in total. The molecular weight excluding hydrogens is 245 g/mol. The maximum atomic E-state index is 12.7. The number of pyridine rings is 1. The van der Waals surface area contributed by atoms with Crippen LogP contribution in [-0.2, 0) is 0 Å². The molecule has 0 spiro atoms. The van der Waals surface area contributed by atoms with Gasteiger partial charge in [0.25, 0.3) is 0 Å². The van der Waals surface area contributed by atoms with Crippen LogP contribution < -0.4 is 4.74 Å². The molecule has 0 radical (unpaired) electrons. The van der Waals surface area contributed by atoms with E-state index in [0.717, 1.165) is 24.8 Å². The molecule has 2 aromatic rings. The van der Waals surface area contributed by atoms with Crippen molar-refractivity contribution in [2.45, 2.75) is 18.9 Å². The smallest absolute Gasteiger partial charge is 0.211 e. The van der Waals surface area contributed by atoms with Gasteiger partial charge in [0.1, 0.15) is 17.3 Å². The number of benzene rings is 1. The summed E-state index contributed by atoms with van der Waals surface area (Å²) in [7, 11) is 0. The molecule has 1 aromatic carbocycles. The van der Waals surface area contributed by atoms with Crippen molar-refractivity contribution < 1.29 is 13.9 Å². The van der Waals surface area contributed by atoms with E-state index in [1.165, 1.54) is 12.1 Å². The number of rotatable bonds is 4. The molecule has 0 aliphatic heterocycles. The van der Waals surface area contributed by atoms with Gasteiger partial charge in [0, 0.05) is 5.56 Å². The minimum atomic E-state index is -0.454. The predicted molar refractivity (Wildman–Crippen MR) is 67.7 cm³/mol. The van der Waals surface area contributed by atoms with Crippen LogP contribution in [0.5, 0.6) is 5.75 Å². The molecule has 1 fully saturated rings. The number of aromatic nitrogens is 1. The molecular formula is C15H12FNO2. The SMILES string of the molecule is O=C(c1ccc(OC2CC2)cc1)c1ccc(F)cn1. The van der Waals surface area contributed by atoms with Gasteiger partial charge in [-0.15, -0.1) is 0 Å². The quantitative estimate of drug-likeness (QED) is 0.790. The molecule has 1 heterocycles. The molecule has 0 unspecified atom stereocenters. The van der Waals surface area contributed by atoms with Crippen LogP contribution in [0.4, 0.5) is 4.39 Å². The van der Waals surface area contributed by atoms with Crippen molar-refractivity contribution in [2.24, 2.45) is 0 Å². The number of carbonyl (C=O) groups excluding carboxylic acids is 1. The Morgan fingerprint density at radius 1 is 1.16 bits per heavy atom. The van der Waals surface area contributed by atoms with Gasteiger partial charge >= 0.3 is 0 Å². The van der Waals surface area contributed by atoms with Gasteiger partial charge in [0.05, 0.1) is 12.3 Å². The molecule has 3 rings (SSSR count). The molecule has 3 nitrogen and oxygen atoms in total. The minimum Gasteiger partial charge on any atom is -0.490 e. The summed E-state index contributed by atoms with van der Waals surface area (Å²) >= 11 is 0. The largest absolute Gasteiger partial charge is 0.490 e. The Balaban J connectivity index is 1.77. The second-order valence-electron chi connectivity index (χ2n) is 4.53. The number of ketones is 1. The Bertz CT molecular complexity index is 589. The first kappa shape index (κ1) is 11.8. The standard InChI is InChI=1S/C15H12FNO2/c16-11-3-8-14(17-9-11)15(18)10-1-4-12(5-2-10)19-13-6-7-13/h1-5,8-9,13H,6-7H2. The highest BCUT2D eigenvalue weighted by molar-refractivity contribution is 6.07. The average Bonchev–Trinajstić information content (AvgIpc) is 3.24. The summed E-state index contributed by atoms with van der Waals surface area (Å²) in [6, 6.07) is 9.55. The molecule has 96 valence electrons. The van der Waals surface area contributed by atoms with Gasteiger partial charge in [-0.2, -0.15) is 0 Å². The number of hydrogen-bond acceptors (Lipinski definition) is 3. The lowest BCUT2D eigenvalue weighted by atomic mass is 10.1. The highest BCUT2D eigenvalue weighted by Crippen LogP contribution is 2.26. The first-order valence-corrected chi connectivity index (χ1v) is 6.15. The van der Waals surface area contributed by atoms with Crippen molar-refractivity contribution in [1.29, 1.82) is 0 Å². The van der Waals surface area contributed by atoms with E-state index in [1.807, 2.05) is 0 Å². The third-order valence-corrected chi connectivity index (χ3v) is 2.90. The average molecular weight is 257 g/mol. The summed E-state index contributed by atoms with van der Waals surface area (Å²) in [5.74, 6) is 0.0915. The lowest BCUT2D eigenvalue weighted by Gasteiger charge is -2.05. The molecule has 4 heteroatoms. The topological polar surface area (TPSA) is 39.2 Å². The molecule has 19 heavy (non-hydrogen) atoms. The van der Waals surface area contributed by atoms with Crippen molar-refractivity contribution in [3.63, 3.8) is 0 Å². The lowest BCUT2D eigenvalue weighted by molar-refractivity contribution is 0.103. The van der Waals surface area contributed by atoms with Gasteiger partial charge in [0.15, 0.2) is 0 Å². The maximum absolute atomic E-state index is 12.7. The molecule has 1 saturated carbocycles. The van der Waals surface area contributed by atoms with Crippen LogP contribution >= 0.6 is 0 Å². The molecule has 1 aliphatic carbocycles. The van der Waals surface area contributed by atoms with Crippen LogP contribution in [0.1, 0.15) is 28.9 Å². The summed E-state index contributed by atoms with van der Waals surface area (Å²) in [6.45, 7) is 0. The molecule has 1 aromatic heterocycles. The highest BCUT2D eigenvalue weighted by Gasteiger charge is 2.23. The van der Waals surface area contributed by atoms with Gasteiger partial charge < -0.3 is 4.74 Å². The Morgan fingerprint density at radius 2 is 1.89 bits per heavy atom. The fourth-order valence-electron chi connectivity index (χ4n) is 1.72. The van der Waals surface area contributed by atoms with Crippen molar-refractivity contribution in [3.8, 4) is 5.75 Å². The van der Waals surface area contributed by atoms with E-state index in [4.69, 9.17) is 4.74 Å². The second-order valence-corrected chi connectivity index (χ2v) is 4.53. The first-order chi connectivity index (χ1) is 9.22. The van der Waals surface area contributed by atoms with Gasteiger partial charge in [0.2, 0.25) is 5.78 Å². The summed E-state index contributed by atoms with van der Waals surface area (Å²) in [5, 5.41) is 0. The molecule has 0 amide bonds. The van der Waals surface area contributed by atoms with E-state index < -0.39 is 5.82 Å². The number of hydrogen-bond donors (Lipinski definition) is 0. The van der Waals surface area contributed by atoms with E-state index in [0.29, 0.717) is 11.7 Å². The Labute approximate surface area is 110 Å². The minimum absolute atomic E-state index is 0.224. The maximum Gasteiger partial charge on any atom is 0.211 e. The Morgan fingerprint density at radius 3 is 2.47 bits per heavy atom. The van der Waals surface area contributed by atoms with E-state index in [-0.39, 0.29) is 11.5 Å². The van der Waals surface area contributed by atoms with Crippen LogP contribution in [-0.4, -0.2) is 16.9 Å². The second kappa shape index (κ2) is 4.80. The number of ether oxygens (including phenoxy) is 1. The third kappa shape index (κ3) is 2.78. The summed E-state index contributed by atoms with van der Waals surface area (Å²) < 4.78 is 18.3. The number of carbonyl (C=O) groups is 1. The van der Waals surface area contributed by atoms with Crippen LogP contribution in [0.25, 0.3) is 0 Å². The number of nitrogens with zero attached hydrogens (tertiary/aromatic N) is 1. The van der Waals surface area contributed by atoms with Gasteiger partial charge in [-0.1, -0.05) is 0 Å². The monoisotopic (exact) mass is 257 g/mol. The zero-order valence-electron chi connectivity index (χ0n) is 10.2. The van der Waals surface area contributed by atoms with Gasteiger partial charge in [-0.3, -0.25) is 4.79 Å². The fraction of sp³-hybridized carbons (Fsp3) is 0.200.